The number of halogens is 1. The Bertz CT molecular complexity index is 1790. The molecule has 0 saturated heterocycles. The zero-order valence-corrected chi connectivity index (χ0v) is 21.9. The van der Waals surface area contributed by atoms with E-state index in [-0.39, 0.29) is 0 Å². The molecular weight excluding hydrogens is 478 g/mol. The van der Waals surface area contributed by atoms with E-state index in [4.69, 9.17) is 16.0 Å². The fraction of sp³-hybridized carbons (Fsp3) is 0.0625. The number of rotatable bonds is 3. The van der Waals surface area contributed by atoms with Gasteiger partial charge in [-0.25, -0.2) is 0 Å². The van der Waals surface area contributed by atoms with E-state index >= 15 is 0 Å². The van der Waals surface area contributed by atoms with Crippen molar-refractivity contribution in [2.75, 3.05) is 4.90 Å². The van der Waals surface area contributed by atoms with Crippen LogP contribution in [0.3, 0.4) is 0 Å². The highest BCUT2D eigenvalue weighted by Crippen LogP contribution is 2.44. The van der Waals surface area contributed by atoms with Crippen LogP contribution in [0.15, 0.2) is 114 Å². The molecule has 0 bridgehead atoms. The normalized spacial score (nSPS) is 13.6. The van der Waals surface area contributed by atoms with Crippen molar-refractivity contribution >= 4 is 69.0 Å². The molecule has 174 valence electrons. The highest BCUT2D eigenvalue weighted by molar-refractivity contribution is 7.03. The number of nitrogens with zero attached hydrogens (tertiary/aromatic N) is 1. The number of furan rings is 1. The molecule has 2 nitrogen and oxygen atoms in total. The maximum atomic E-state index is 6.48. The smallest absolute Gasteiger partial charge is 0.137 e. The summed E-state index contributed by atoms with van der Waals surface area (Å²) in [6.45, 7) is 4.86. The first-order valence-electron chi connectivity index (χ1n) is 12.2. The Morgan fingerprint density at radius 1 is 0.639 bits per heavy atom. The van der Waals surface area contributed by atoms with Crippen LogP contribution in [0.25, 0.3) is 33.1 Å². The minimum Gasteiger partial charge on any atom is -0.456 e. The lowest BCUT2D eigenvalue weighted by molar-refractivity contribution is 0.669. The Labute approximate surface area is 216 Å². The van der Waals surface area contributed by atoms with Crippen molar-refractivity contribution in [1.82, 2.24) is 0 Å². The van der Waals surface area contributed by atoms with Gasteiger partial charge in [0.2, 0.25) is 0 Å². The van der Waals surface area contributed by atoms with Gasteiger partial charge >= 0.3 is 0 Å². The van der Waals surface area contributed by atoms with Gasteiger partial charge in [0, 0.05) is 21.8 Å². The molecule has 0 radical (unpaired) electrons. The van der Waals surface area contributed by atoms with E-state index in [9.17, 15) is 0 Å². The number of fused-ring (bicyclic) bond motifs is 6. The third-order valence-corrected chi connectivity index (χ3v) is 11.3. The van der Waals surface area contributed by atoms with E-state index in [0.29, 0.717) is 0 Å². The number of anilines is 3. The molecule has 0 unspecified atom stereocenters. The van der Waals surface area contributed by atoms with Crippen molar-refractivity contribution in [2.45, 2.75) is 13.1 Å². The van der Waals surface area contributed by atoms with E-state index in [1.54, 1.807) is 0 Å². The van der Waals surface area contributed by atoms with Crippen molar-refractivity contribution in [2.24, 2.45) is 0 Å². The van der Waals surface area contributed by atoms with Gasteiger partial charge in [0.25, 0.3) is 0 Å². The molecule has 0 amide bonds. The van der Waals surface area contributed by atoms with Crippen LogP contribution in [0.4, 0.5) is 17.1 Å². The van der Waals surface area contributed by atoms with E-state index in [2.05, 4.69) is 109 Å². The maximum absolute atomic E-state index is 6.48. The summed E-state index contributed by atoms with van der Waals surface area (Å²) in [6.07, 6.45) is 0. The average molecular weight is 502 g/mol. The first kappa shape index (κ1) is 21.5. The topological polar surface area (TPSA) is 16.4 Å². The summed E-state index contributed by atoms with van der Waals surface area (Å²) in [6, 6.07) is 38.5. The van der Waals surface area contributed by atoms with Gasteiger partial charge in [0.05, 0.1) is 11.1 Å². The third kappa shape index (κ3) is 3.10. The van der Waals surface area contributed by atoms with Crippen LogP contribution in [-0.2, 0) is 0 Å². The first-order valence-corrected chi connectivity index (χ1v) is 15.6. The van der Waals surface area contributed by atoms with E-state index in [1.165, 1.54) is 21.5 Å². The van der Waals surface area contributed by atoms with Crippen LogP contribution in [0.5, 0.6) is 0 Å². The summed E-state index contributed by atoms with van der Waals surface area (Å²) in [5.74, 6) is 0. The largest absolute Gasteiger partial charge is 0.456 e. The summed E-state index contributed by atoms with van der Waals surface area (Å²) in [7, 11) is -1.78. The maximum Gasteiger partial charge on any atom is 0.137 e. The molecule has 2 heterocycles. The fourth-order valence-electron chi connectivity index (χ4n) is 5.82. The molecule has 0 aliphatic carbocycles. The average Bonchev–Trinajstić information content (AvgIpc) is 3.38. The fourth-order valence-corrected chi connectivity index (χ4v) is 9.04. The zero-order valence-electron chi connectivity index (χ0n) is 20.1. The Morgan fingerprint density at radius 3 is 2.17 bits per heavy atom. The number of hydrogen-bond donors (Lipinski definition) is 0. The van der Waals surface area contributed by atoms with Gasteiger partial charge in [-0.1, -0.05) is 79.3 Å². The van der Waals surface area contributed by atoms with Gasteiger partial charge in [-0.05, 0) is 76.1 Å². The molecule has 7 rings (SSSR count). The Balaban J connectivity index is 1.51. The molecule has 36 heavy (non-hydrogen) atoms. The highest BCUT2D eigenvalue weighted by atomic mass is 35.5. The summed E-state index contributed by atoms with van der Waals surface area (Å²) >= 11 is 6.48. The highest BCUT2D eigenvalue weighted by Gasteiger charge is 2.37. The van der Waals surface area contributed by atoms with Crippen molar-refractivity contribution < 1.29 is 4.42 Å². The quantitative estimate of drug-likeness (QED) is 0.226. The summed E-state index contributed by atoms with van der Waals surface area (Å²) in [5.41, 5.74) is 7.69. The Morgan fingerprint density at radius 2 is 1.33 bits per heavy atom. The molecule has 4 heteroatoms. The van der Waals surface area contributed by atoms with Gasteiger partial charge < -0.3 is 9.32 Å². The minimum atomic E-state index is -1.78. The lowest BCUT2D eigenvalue weighted by atomic mass is 10.0. The Kier molecular flexibility index (Phi) is 4.69. The van der Waals surface area contributed by atoms with Crippen LogP contribution in [0.2, 0.25) is 18.1 Å². The molecule has 0 spiro atoms. The van der Waals surface area contributed by atoms with Crippen molar-refractivity contribution in [3.05, 3.63) is 114 Å². The molecule has 1 aliphatic heterocycles. The van der Waals surface area contributed by atoms with E-state index in [1.807, 2.05) is 18.2 Å². The third-order valence-electron chi connectivity index (χ3n) is 7.52. The lowest BCUT2D eigenvalue weighted by Gasteiger charge is -2.27. The summed E-state index contributed by atoms with van der Waals surface area (Å²) in [5, 5.41) is 5.94. The molecule has 0 fully saturated rings. The molecule has 5 aromatic carbocycles. The molecule has 0 saturated carbocycles. The van der Waals surface area contributed by atoms with Crippen molar-refractivity contribution in [3.8, 4) is 11.1 Å². The first-order chi connectivity index (χ1) is 17.5. The van der Waals surface area contributed by atoms with Crippen LogP contribution in [0.1, 0.15) is 0 Å². The molecule has 0 atom stereocenters. The lowest BCUT2D eigenvalue weighted by Crippen LogP contribution is -2.49. The van der Waals surface area contributed by atoms with Gasteiger partial charge in [-0.2, -0.15) is 0 Å². The van der Waals surface area contributed by atoms with Crippen molar-refractivity contribution in [1.29, 1.82) is 0 Å². The number of benzene rings is 5. The van der Waals surface area contributed by atoms with Crippen LogP contribution in [0, 0.1) is 0 Å². The number of hydrogen-bond acceptors (Lipinski definition) is 2. The minimum absolute atomic E-state index is 0.784. The van der Waals surface area contributed by atoms with Gasteiger partial charge in [0.1, 0.15) is 19.2 Å². The monoisotopic (exact) mass is 501 g/mol. The van der Waals surface area contributed by atoms with Crippen LogP contribution >= 0.6 is 11.6 Å². The SMILES string of the molecule is C[Si]1(C)c2ccc(Cl)cc2-c2cc(N(c3ccccc3)c3cccc4oc5ccccc5c34)ccc21. The van der Waals surface area contributed by atoms with E-state index in [0.717, 1.165) is 44.0 Å². The predicted octanol–water partition coefficient (Wildman–Crippen LogP) is 8.51. The summed E-state index contributed by atoms with van der Waals surface area (Å²) in [4.78, 5) is 2.35. The Hall–Kier alpha value is -3.79. The molecular formula is C32H24ClNOSi. The second kappa shape index (κ2) is 7.86. The van der Waals surface area contributed by atoms with Gasteiger partial charge in [-0.3, -0.25) is 0 Å². The molecule has 0 N–H and O–H groups in total. The second-order valence-electron chi connectivity index (χ2n) is 9.96. The predicted molar refractivity (Wildman–Crippen MR) is 156 cm³/mol. The van der Waals surface area contributed by atoms with Crippen LogP contribution < -0.4 is 15.3 Å². The number of para-hydroxylation sites is 2. The standard InChI is InChI=1S/C32H24ClNOSi/c1-36(2)30-17-15-21(33)19-25(30)26-20-23(16-18-31(26)36)34(22-9-4-3-5-10-22)27-12-8-14-29-32(27)24-11-6-7-13-28(24)35-29/h3-20H,1-2H3. The molecule has 1 aromatic heterocycles. The molecule has 6 aromatic rings. The summed E-state index contributed by atoms with van der Waals surface area (Å²) < 4.78 is 6.24. The van der Waals surface area contributed by atoms with Gasteiger partial charge in [0.15, 0.2) is 0 Å². The zero-order chi connectivity index (χ0) is 24.4. The van der Waals surface area contributed by atoms with Crippen LogP contribution in [-0.4, -0.2) is 8.07 Å². The van der Waals surface area contributed by atoms with E-state index < -0.39 is 8.07 Å². The molecule has 1 aliphatic rings. The second-order valence-corrected chi connectivity index (χ2v) is 14.7. The van der Waals surface area contributed by atoms with Crippen molar-refractivity contribution in [3.63, 3.8) is 0 Å². The van der Waals surface area contributed by atoms with Gasteiger partial charge in [-0.15, -0.1) is 0 Å².